The van der Waals surface area contributed by atoms with Crippen molar-refractivity contribution in [3.05, 3.63) is 47.5 Å². The number of quaternary nitrogens is 1. The molecule has 0 radical (unpaired) electrons. The van der Waals surface area contributed by atoms with Crippen molar-refractivity contribution in [2.24, 2.45) is 5.92 Å². The van der Waals surface area contributed by atoms with Crippen LogP contribution in [0.2, 0.25) is 0 Å². The Hall–Kier alpha value is -3.39. The van der Waals surface area contributed by atoms with Crippen LogP contribution in [-0.2, 0) is 26.2 Å². The summed E-state index contributed by atoms with van der Waals surface area (Å²) in [7, 11) is 4.52. The van der Waals surface area contributed by atoms with Gasteiger partial charge in [0.25, 0.3) is 0 Å². The molecule has 1 amide bonds. The Bertz CT molecular complexity index is 1560. The fourth-order valence-electron chi connectivity index (χ4n) is 7.12. The first-order chi connectivity index (χ1) is 22.3. The van der Waals surface area contributed by atoms with E-state index in [9.17, 15) is 23.1 Å². The number of hydrogen-bond acceptors (Lipinski definition) is 8. The fraction of sp³-hybridized carbons (Fsp3) is 0.588. The molecule has 47 heavy (non-hydrogen) atoms. The van der Waals surface area contributed by atoms with E-state index in [1.807, 2.05) is 21.9 Å². The largest absolute Gasteiger partial charge is 0.493 e. The number of carboxylic acid groups (broad SMARTS) is 1. The van der Waals surface area contributed by atoms with Crippen LogP contribution in [0.15, 0.2) is 36.4 Å². The number of carbonyl (C=O) groups is 2. The normalized spacial score (nSPS) is 22.4. The van der Waals surface area contributed by atoms with Crippen molar-refractivity contribution in [2.45, 2.75) is 51.1 Å². The minimum absolute atomic E-state index is 0.00264. The Balaban J connectivity index is 1.47. The molecule has 3 aliphatic heterocycles. The van der Waals surface area contributed by atoms with Crippen LogP contribution in [0.3, 0.4) is 0 Å². The van der Waals surface area contributed by atoms with Gasteiger partial charge in [-0.15, -0.1) is 0 Å². The highest BCUT2D eigenvalue weighted by molar-refractivity contribution is 7.89. The topological polar surface area (TPSA) is 126 Å². The van der Waals surface area contributed by atoms with Crippen LogP contribution in [0.1, 0.15) is 49.7 Å². The molecule has 0 aliphatic carbocycles. The van der Waals surface area contributed by atoms with Crippen molar-refractivity contribution in [3.8, 4) is 17.2 Å². The van der Waals surface area contributed by atoms with Gasteiger partial charge >= 0.3 is 5.97 Å². The number of fused-ring (bicyclic) bond motifs is 1. The van der Waals surface area contributed by atoms with E-state index in [0.717, 1.165) is 35.1 Å². The van der Waals surface area contributed by atoms with Gasteiger partial charge in [-0.05, 0) is 49.1 Å². The molecule has 3 atom stereocenters. The van der Waals surface area contributed by atoms with Crippen LogP contribution in [0.4, 0.5) is 5.69 Å². The van der Waals surface area contributed by atoms with Gasteiger partial charge in [0.2, 0.25) is 28.5 Å². The van der Waals surface area contributed by atoms with Crippen LogP contribution in [0.25, 0.3) is 0 Å². The van der Waals surface area contributed by atoms with Gasteiger partial charge in [0.1, 0.15) is 6.54 Å². The lowest BCUT2D eigenvalue weighted by Gasteiger charge is -2.31. The van der Waals surface area contributed by atoms with Gasteiger partial charge in [-0.1, -0.05) is 25.5 Å². The van der Waals surface area contributed by atoms with E-state index in [4.69, 9.17) is 14.2 Å². The van der Waals surface area contributed by atoms with Crippen molar-refractivity contribution >= 4 is 27.6 Å². The summed E-state index contributed by atoms with van der Waals surface area (Å²) >= 11 is 0. The second kappa shape index (κ2) is 14.4. The summed E-state index contributed by atoms with van der Waals surface area (Å²) in [5.74, 6) is -0.995. The van der Waals surface area contributed by atoms with Crippen LogP contribution in [0.5, 0.6) is 17.2 Å². The van der Waals surface area contributed by atoms with Crippen molar-refractivity contribution < 1.29 is 41.8 Å². The number of likely N-dealkylation sites (tertiary alicyclic amines) is 1. The fourth-order valence-corrected chi connectivity index (χ4v) is 8.66. The van der Waals surface area contributed by atoms with Gasteiger partial charge < -0.3 is 28.7 Å². The number of methoxy groups -OCH3 is 1. The minimum atomic E-state index is -3.37. The molecule has 2 aromatic rings. The number of carboxylic acids is 1. The number of nitrogens with zero attached hydrogens (tertiary/aromatic N) is 4. The standard InChI is InChI=1S/C34H48N4O8S/c1-6-7-14-37(26-11-8-10-24(17-26)22-38(2,3)4)31(39)21-35-20-27(25-18-29(44-5)33-30(19-25)45-23-46-33)32(34(40)41)28(35)12-15-36-13-9-16-47(36,42)43/h8,10-11,17-19,27-28,32H,6-7,9,12-16,20-23H2,1-5H3/p+1/t27-,28+,32-/m1/s1. The molecule has 3 heterocycles. The highest BCUT2D eigenvalue weighted by atomic mass is 32.2. The Morgan fingerprint density at radius 2 is 1.94 bits per heavy atom. The molecule has 1 N–H and O–H groups in total. The van der Waals surface area contributed by atoms with Gasteiger partial charge in [0.05, 0.1) is 46.5 Å². The zero-order valence-corrected chi connectivity index (χ0v) is 29.0. The summed E-state index contributed by atoms with van der Waals surface area (Å²) < 4.78 is 44.3. The van der Waals surface area contributed by atoms with Gasteiger partial charge in [0.15, 0.2) is 11.5 Å². The van der Waals surface area contributed by atoms with E-state index in [2.05, 4.69) is 40.2 Å². The summed E-state index contributed by atoms with van der Waals surface area (Å²) in [6.45, 7) is 4.39. The number of sulfonamides is 1. The number of hydrogen-bond donors (Lipinski definition) is 1. The molecule has 258 valence electrons. The summed E-state index contributed by atoms with van der Waals surface area (Å²) in [5, 5.41) is 10.7. The third-order valence-corrected chi connectivity index (χ3v) is 11.2. The van der Waals surface area contributed by atoms with Crippen molar-refractivity contribution in [3.63, 3.8) is 0 Å². The molecule has 2 fully saturated rings. The summed E-state index contributed by atoms with van der Waals surface area (Å²) in [5.41, 5.74) is 2.65. The monoisotopic (exact) mass is 673 g/mol. The molecule has 0 unspecified atom stereocenters. The summed E-state index contributed by atoms with van der Waals surface area (Å²) in [4.78, 5) is 31.1. The number of amides is 1. The highest BCUT2D eigenvalue weighted by Crippen LogP contribution is 2.47. The van der Waals surface area contributed by atoms with Gasteiger partial charge in [-0.25, -0.2) is 12.7 Å². The predicted octanol–water partition coefficient (Wildman–Crippen LogP) is 3.36. The first-order valence-corrected chi connectivity index (χ1v) is 18.0. The zero-order chi connectivity index (χ0) is 33.9. The second-order valence-electron chi connectivity index (χ2n) is 13.8. The van der Waals surface area contributed by atoms with Crippen LogP contribution in [-0.4, -0.2) is 119 Å². The average molecular weight is 674 g/mol. The van der Waals surface area contributed by atoms with Gasteiger partial charge in [-0.2, -0.15) is 0 Å². The molecule has 2 saturated heterocycles. The van der Waals surface area contributed by atoms with E-state index in [-0.39, 0.29) is 38.0 Å². The lowest BCUT2D eigenvalue weighted by molar-refractivity contribution is -0.884. The molecule has 0 spiro atoms. The van der Waals surface area contributed by atoms with E-state index >= 15 is 0 Å². The van der Waals surface area contributed by atoms with Crippen LogP contribution in [0, 0.1) is 5.92 Å². The van der Waals surface area contributed by atoms with E-state index < -0.39 is 33.9 Å². The number of carbonyl (C=O) groups excluding carboxylic acids is 1. The quantitative estimate of drug-likeness (QED) is 0.301. The maximum Gasteiger partial charge on any atom is 0.308 e. The number of rotatable bonds is 14. The molecular formula is C34H49N4O8S+. The number of anilines is 1. The maximum absolute atomic E-state index is 14.3. The molecule has 0 saturated carbocycles. The van der Waals surface area contributed by atoms with Crippen molar-refractivity contribution in [1.29, 1.82) is 0 Å². The third kappa shape index (κ3) is 8.02. The molecule has 3 aliphatic rings. The van der Waals surface area contributed by atoms with Crippen LogP contribution < -0.4 is 19.1 Å². The van der Waals surface area contributed by atoms with E-state index in [1.54, 1.807) is 12.1 Å². The number of benzene rings is 2. The molecule has 5 rings (SSSR count). The number of unbranched alkanes of at least 4 members (excludes halogenated alkanes) is 1. The SMILES string of the molecule is CCCCN(C(=O)CN1C[C@H](c2cc(OC)c3c(c2)OCO3)[C@@H](C(=O)O)[C@@H]1CCN1CCCS1(=O)=O)c1cccc(C[N+](C)(C)C)c1. The molecule has 2 aromatic carbocycles. The van der Waals surface area contributed by atoms with E-state index in [1.165, 1.54) is 11.4 Å². The first-order valence-electron chi connectivity index (χ1n) is 16.4. The molecule has 13 heteroatoms. The lowest BCUT2D eigenvalue weighted by Crippen LogP contribution is -2.45. The maximum atomic E-state index is 14.3. The Labute approximate surface area is 278 Å². The molecule has 0 bridgehead atoms. The van der Waals surface area contributed by atoms with Gasteiger partial charge in [0, 0.05) is 49.4 Å². The van der Waals surface area contributed by atoms with Gasteiger partial charge in [-0.3, -0.25) is 14.5 Å². The Kier molecular flexibility index (Phi) is 10.7. The second-order valence-corrected chi connectivity index (χ2v) is 15.9. The average Bonchev–Trinajstić information content (AvgIpc) is 3.71. The lowest BCUT2D eigenvalue weighted by atomic mass is 9.84. The minimum Gasteiger partial charge on any atom is -0.493 e. The van der Waals surface area contributed by atoms with E-state index in [0.29, 0.717) is 48.9 Å². The summed E-state index contributed by atoms with van der Waals surface area (Å²) in [6.07, 6.45) is 2.57. The van der Waals surface area contributed by atoms with Crippen molar-refractivity contribution in [2.75, 3.05) is 78.4 Å². The Morgan fingerprint density at radius 1 is 1.15 bits per heavy atom. The highest BCUT2D eigenvalue weighted by Gasteiger charge is 2.48. The molecule has 0 aromatic heterocycles. The first kappa shape index (κ1) is 34.9. The smallest absolute Gasteiger partial charge is 0.308 e. The van der Waals surface area contributed by atoms with Crippen molar-refractivity contribution in [1.82, 2.24) is 9.21 Å². The molecular weight excluding hydrogens is 624 g/mol. The third-order valence-electron chi connectivity index (χ3n) is 9.27. The number of ether oxygens (including phenoxy) is 3. The predicted molar refractivity (Wildman–Crippen MR) is 178 cm³/mol. The Morgan fingerprint density at radius 3 is 2.60 bits per heavy atom. The molecule has 12 nitrogen and oxygen atoms in total. The number of aliphatic carboxylic acids is 1. The zero-order valence-electron chi connectivity index (χ0n) is 28.2. The van der Waals surface area contributed by atoms with Crippen LogP contribution >= 0.6 is 0 Å². The summed E-state index contributed by atoms with van der Waals surface area (Å²) in [6, 6.07) is 11.1.